The van der Waals surface area contributed by atoms with Crippen LogP contribution in [0.3, 0.4) is 0 Å². The predicted molar refractivity (Wildman–Crippen MR) is 128 cm³/mol. The molecule has 0 aliphatic carbocycles. The first-order valence-electron chi connectivity index (χ1n) is 10.1. The Hall–Kier alpha value is -1.83. The summed E-state index contributed by atoms with van der Waals surface area (Å²) in [4.78, 5) is 26.7. The third kappa shape index (κ3) is 6.59. The molecular formula is C23H28BrN3O2S. The maximum Gasteiger partial charge on any atom is 0.234 e. The van der Waals surface area contributed by atoms with Gasteiger partial charge in [0.15, 0.2) is 0 Å². The van der Waals surface area contributed by atoms with Gasteiger partial charge in [-0.3, -0.25) is 14.5 Å². The van der Waals surface area contributed by atoms with Gasteiger partial charge in [-0.25, -0.2) is 0 Å². The normalized spacial score (nSPS) is 14.1. The smallest absolute Gasteiger partial charge is 0.234 e. The van der Waals surface area contributed by atoms with Crippen molar-refractivity contribution in [3.8, 4) is 0 Å². The number of halogens is 1. The molecule has 2 N–H and O–H groups in total. The molecule has 0 bridgehead atoms. The van der Waals surface area contributed by atoms with Crippen LogP contribution in [0.4, 0.5) is 5.69 Å². The number of hydrogen-bond acceptors (Lipinski definition) is 4. The molecule has 1 aliphatic heterocycles. The predicted octanol–water partition coefficient (Wildman–Crippen LogP) is 4.07. The molecule has 2 amide bonds. The van der Waals surface area contributed by atoms with Crippen LogP contribution in [0.2, 0.25) is 0 Å². The number of thioether (sulfide) groups is 1. The first-order valence-corrected chi connectivity index (χ1v) is 12.0. The SMILES string of the molecule is CC(C)(CNC(=O)CSCC(=O)Nc1cccc(Br)c1)N1CCc2ccccc2C1. The van der Waals surface area contributed by atoms with Crippen molar-refractivity contribution in [2.24, 2.45) is 0 Å². The quantitative estimate of drug-likeness (QED) is 0.586. The van der Waals surface area contributed by atoms with Crippen molar-refractivity contribution in [1.82, 2.24) is 10.2 Å². The summed E-state index contributed by atoms with van der Waals surface area (Å²) in [5, 5.41) is 5.87. The van der Waals surface area contributed by atoms with Gasteiger partial charge in [-0.2, -0.15) is 0 Å². The van der Waals surface area contributed by atoms with Gasteiger partial charge in [0, 0.05) is 35.3 Å². The van der Waals surface area contributed by atoms with E-state index in [1.807, 2.05) is 24.3 Å². The zero-order valence-electron chi connectivity index (χ0n) is 17.4. The minimum atomic E-state index is -0.133. The highest BCUT2D eigenvalue weighted by Crippen LogP contribution is 2.25. The second kappa shape index (κ2) is 10.5. The molecule has 0 saturated heterocycles. The van der Waals surface area contributed by atoms with Gasteiger partial charge in [-0.05, 0) is 49.6 Å². The molecule has 0 fully saturated rings. The van der Waals surface area contributed by atoms with Gasteiger partial charge in [-0.15, -0.1) is 11.8 Å². The van der Waals surface area contributed by atoms with Gasteiger partial charge >= 0.3 is 0 Å². The molecule has 0 aromatic heterocycles. The molecule has 0 spiro atoms. The van der Waals surface area contributed by atoms with Crippen molar-refractivity contribution in [3.05, 3.63) is 64.1 Å². The lowest BCUT2D eigenvalue weighted by atomic mass is 9.94. The molecule has 0 atom stereocenters. The van der Waals surface area contributed by atoms with Crippen molar-refractivity contribution in [2.45, 2.75) is 32.4 Å². The van der Waals surface area contributed by atoms with Crippen molar-refractivity contribution in [3.63, 3.8) is 0 Å². The van der Waals surface area contributed by atoms with Gasteiger partial charge in [0.1, 0.15) is 0 Å². The molecule has 30 heavy (non-hydrogen) atoms. The first kappa shape index (κ1) is 22.8. The van der Waals surface area contributed by atoms with Crippen LogP contribution >= 0.6 is 27.7 Å². The Kier molecular flexibility index (Phi) is 7.97. The van der Waals surface area contributed by atoms with Crippen LogP contribution in [-0.4, -0.2) is 46.8 Å². The van der Waals surface area contributed by atoms with Crippen LogP contribution in [0.15, 0.2) is 53.0 Å². The second-order valence-corrected chi connectivity index (χ2v) is 9.98. The Balaban J connectivity index is 1.38. The highest BCUT2D eigenvalue weighted by atomic mass is 79.9. The highest BCUT2D eigenvalue weighted by molar-refractivity contribution is 9.10. The van der Waals surface area contributed by atoms with Gasteiger partial charge in [-0.1, -0.05) is 46.3 Å². The minimum absolute atomic E-state index is 0.0410. The number of amides is 2. The molecule has 3 rings (SSSR count). The van der Waals surface area contributed by atoms with Crippen molar-refractivity contribution >= 4 is 45.2 Å². The molecule has 0 radical (unpaired) electrons. The lowest BCUT2D eigenvalue weighted by Crippen LogP contribution is -2.53. The van der Waals surface area contributed by atoms with Gasteiger partial charge in [0.05, 0.1) is 11.5 Å². The summed E-state index contributed by atoms with van der Waals surface area (Å²) in [6.45, 7) is 6.81. The van der Waals surface area contributed by atoms with Crippen LogP contribution in [0.25, 0.3) is 0 Å². The fraction of sp³-hybridized carbons (Fsp3) is 0.391. The number of nitrogens with zero attached hydrogens (tertiary/aromatic N) is 1. The Morgan fingerprint density at radius 2 is 1.80 bits per heavy atom. The van der Waals surface area contributed by atoms with E-state index in [0.29, 0.717) is 6.54 Å². The number of rotatable bonds is 8. The van der Waals surface area contributed by atoms with E-state index >= 15 is 0 Å². The Morgan fingerprint density at radius 3 is 2.57 bits per heavy atom. The first-order chi connectivity index (χ1) is 14.3. The largest absolute Gasteiger partial charge is 0.354 e. The molecule has 0 unspecified atom stereocenters. The van der Waals surface area contributed by atoms with E-state index in [1.54, 1.807) is 0 Å². The summed E-state index contributed by atoms with van der Waals surface area (Å²) in [5.74, 6) is 0.357. The van der Waals surface area contributed by atoms with E-state index in [9.17, 15) is 9.59 Å². The van der Waals surface area contributed by atoms with Crippen molar-refractivity contribution < 1.29 is 9.59 Å². The third-order valence-corrected chi connectivity index (χ3v) is 6.71. The summed E-state index contributed by atoms with van der Waals surface area (Å²) in [6, 6.07) is 16.0. The molecule has 5 nitrogen and oxygen atoms in total. The number of nitrogens with one attached hydrogen (secondary N) is 2. The average molecular weight is 490 g/mol. The lowest BCUT2D eigenvalue weighted by molar-refractivity contribution is -0.119. The van der Waals surface area contributed by atoms with Crippen molar-refractivity contribution in [1.29, 1.82) is 0 Å². The van der Waals surface area contributed by atoms with E-state index in [4.69, 9.17) is 0 Å². The maximum absolute atomic E-state index is 12.3. The second-order valence-electron chi connectivity index (χ2n) is 8.08. The standard InChI is InChI=1S/C23H28BrN3O2S/c1-23(2,27-11-10-17-6-3-4-7-18(17)13-27)16-25-21(28)14-30-15-22(29)26-20-9-5-8-19(24)12-20/h3-9,12H,10-11,13-16H2,1-2H3,(H,25,28)(H,26,29). The Morgan fingerprint density at radius 1 is 1.07 bits per heavy atom. The fourth-order valence-corrected chi connectivity index (χ4v) is 4.54. The van der Waals surface area contributed by atoms with Gasteiger partial charge in [0.2, 0.25) is 11.8 Å². The van der Waals surface area contributed by atoms with Gasteiger partial charge in [0.25, 0.3) is 0 Å². The molecule has 1 aliphatic rings. The van der Waals surface area contributed by atoms with Crippen LogP contribution in [0.1, 0.15) is 25.0 Å². The molecule has 1 heterocycles. The summed E-state index contributed by atoms with van der Waals surface area (Å²) in [7, 11) is 0. The van der Waals surface area contributed by atoms with E-state index in [0.717, 1.165) is 29.7 Å². The molecule has 2 aromatic carbocycles. The summed E-state index contributed by atoms with van der Waals surface area (Å²) >= 11 is 4.70. The topological polar surface area (TPSA) is 61.4 Å². The number of hydrogen-bond donors (Lipinski definition) is 2. The van der Waals surface area contributed by atoms with Crippen LogP contribution in [0, 0.1) is 0 Å². The van der Waals surface area contributed by atoms with Crippen LogP contribution < -0.4 is 10.6 Å². The summed E-state index contributed by atoms with van der Waals surface area (Å²) in [6.07, 6.45) is 1.04. The van der Waals surface area contributed by atoms with Gasteiger partial charge < -0.3 is 10.6 Å². The lowest BCUT2D eigenvalue weighted by Gasteiger charge is -2.41. The Labute approximate surface area is 191 Å². The third-order valence-electron chi connectivity index (χ3n) is 5.28. The van der Waals surface area contributed by atoms with Crippen LogP contribution in [0.5, 0.6) is 0 Å². The average Bonchev–Trinajstić information content (AvgIpc) is 2.72. The number of anilines is 1. The molecule has 160 valence electrons. The summed E-state index contributed by atoms with van der Waals surface area (Å²) in [5.41, 5.74) is 3.40. The van der Waals surface area contributed by atoms with E-state index in [1.165, 1.54) is 22.9 Å². The molecule has 7 heteroatoms. The van der Waals surface area contributed by atoms with E-state index in [2.05, 4.69) is 69.6 Å². The fourth-order valence-electron chi connectivity index (χ4n) is 3.49. The van der Waals surface area contributed by atoms with E-state index < -0.39 is 0 Å². The zero-order chi connectivity index (χ0) is 21.6. The number of fused-ring (bicyclic) bond motifs is 1. The Bertz CT molecular complexity index is 904. The van der Waals surface area contributed by atoms with Crippen molar-refractivity contribution in [2.75, 3.05) is 29.9 Å². The highest BCUT2D eigenvalue weighted by Gasteiger charge is 2.30. The maximum atomic E-state index is 12.3. The minimum Gasteiger partial charge on any atom is -0.354 e. The zero-order valence-corrected chi connectivity index (χ0v) is 19.8. The number of benzene rings is 2. The monoisotopic (exact) mass is 489 g/mol. The van der Waals surface area contributed by atoms with Crippen LogP contribution in [-0.2, 0) is 22.6 Å². The molecule has 2 aromatic rings. The van der Waals surface area contributed by atoms with E-state index in [-0.39, 0.29) is 28.9 Å². The number of carbonyl (C=O) groups excluding carboxylic acids is 2. The summed E-state index contributed by atoms with van der Waals surface area (Å²) < 4.78 is 0.909. The molecular weight excluding hydrogens is 462 g/mol. The molecule has 0 saturated carbocycles. The number of carbonyl (C=O) groups is 2.